The number of carbonyl (C=O) groups is 1. The number of hydrogen-bond donors (Lipinski definition) is 0. The van der Waals surface area contributed by atoms with E-state index in [1.807, 2.05) is 12.1 Å². The molecule has 1 heterocycles. The number of halogens is 1. The number of benzene rings is 1. The van der Waals surface area contributed by atoms with Gasteiger partial charge in [0, 0.05) is 33.8 Å². The summed E-state index contributed by atoms with van der Waals surface area (Å²) in [6.07, 6.45) is 0. The fourth-order valence-electron chi connectivity index (χ4n) is 2.23. The fourth-order valence-corrected chi connectivity index (χ4v) is 5.57. The van der Waals surface area contributed by atoms with Crippen LogP contribution in [-0.2, 0) is 9.84 Å². The van der Waals surface area contributed by atoms with E-state index in [9.17, 15) is 13.2 Å². The van der Waals surface area contributed by atoms with Crippen LogP contribution in [0, 0.1) is 0 Å². The highest BCUT2D eigenvalue weighted by Gasteiger charge is 2.33. The molecule has 1 aromatic carbocycles. The van der Waals surface area contributed by atoms with Crippen LogP contribution in [-0.4, -0.2) is 54.8 Å². The molecule has 4 nitrogen and oxygen atoms in total. The normalized spacial score (nSPS) is 20.4. The minimum atomic E-state index is -3.16. The molecule has 0 bridgehead atoms. The molecule has 1 aliphatic heterocycles. The van der Waals surface area contributed by atoms with Gasteiger partial charge in [0.15, 0.2) is 15.6 Å². The van der Waals surface area contributed by atoms with Crippen LogP contribution in [0.1, 0.15) is 17.3 Å². The van der Waals surface area contributed by atoms with Crippen LogP contribution in [0.5, 0.6) is 0 Å². The Morgan fingerprint density at radius 2 is 2.05 bits per heavy atom. The molecule has 0 aliphatic carbocycles. The number of carbonyl (C=O) groups excluding carboxylic acids is 1. The Bertz CT molecular complexity index is 601. The van der Waals surface area contributed by atoms with Gasteiger partial charge >= 0.3 is 0 Å². The minimum absolute atomic E-state index is 0.0364. The lowest BCUT2D eigenvalue weighted by Crippen LogP contribution is -2.49. The molecule has 0 radical (unpaired) electrons. The standard InChI is InChI=1S/C14H18BrNO3S2/c1-2-21(18,19)14-10-20-8-7-16(14)9-13(17)11-3-5-12(15)6-4-11/h3-6,14H,2,7-10H2,1H3. The largest absolute Gasteiger partial charge is 0.293 e. The topological polar surface area (TPSA) is 54.5 Å². The summed E-state index contributed by atoms with van der Waals surface area (Å²) in [5, 5.41) is -0.541. The van der Waals surface area contributed by atoms with E-state index < -0.39 is 15.2 Å². The van der Waals surface area contributed by atoms with Gasteiger partial charge in [-0.05, 0) is 12.1 Å². The van der Waals surface area contributed by atoms with E-state index in [2.05, 4.69) is 15.9 Å². The summed E-state index contributed by atoms with van der Waals surface area (Å²) in [5.74, 6) is 1.49. The summed E-state index contributed by atoms with van der Waals surface area (Å²) in [5.41, 5.74) is 0.615. The van der Waals surface area contributed by atoms with Crippen molar-refractivity contribution in [3.63, 3.8) is 0 Å². The third-order valence-electron chi connectivity index (χ3n) is 3.52. The zero-order valence-corrected chi connectivity index (χ0v) is 15.0. The van der Waals surface area contributed by atoms with Gasteiger partial charge in [-0.25, -0.2) is 8.42 Å². The fraction of sp³-hybridized carbons (Fsp3) is 0.500. The quantitative estimate of drug-likeness (QED) is 0.721. The second-order valence-corrected chi connectivity index (χ2v) is 9.39. The van der Waals surface area contributed by atoms with Crippen LogP contribution in [0.2, 0.25) is 0 Å². The summed E-state index contributed by atoms with van der Waals surface area (Å²) in [6.45, 7) is 2.45. The van der Waals surface area contributed by atoms with Gasteiger partial charge < -0.3 is 0 Å². The summed E-state index contributed by atoms with van der Waals surface area (Å²) in [7, 11) is -3.16. The van der Waals surface area contributed by atoms with Gasteiger partial charge in [0.25, 0.3) is 0 Å². The number of hydrogen-bond acceptors (Lipinski definition) is 5. The Balaban J connectivity index is 2.12. The molecule has 7 heteroatoms. The Morgan fingerprint density at radius 1 is 1.38 bits per heavy atom. The molecule has 0 saturated carbocycles. The van der Waals surface area contributed by atoms with E-state index in [0.717, 1.165) is 10.2 Å². The van der Waals surface area contributed by atoms with Gasteiger partial charge in [-0.15, -0.1) is 0 Å². The molecule has 1 aliphatic rings. The molecule has 1 saturated heterocycles. The monoisotopic (exact) mass is 391 g/mol. The van der Waals surface area contributed by atoms with Gasteiger partial charge in [0.2, 0.25) is 0 Å². The van der Waals surface area contributed by atoms with E-state index in [0.29, 0.717) is 17.9 Å². The summed E-state index contributed by atoms with van der Waals surface area (Å²) in [4.78, 5) is 14.1. The van der Waals surface area contributed by atoms with Gasteiger partial charge in [-0.3, -0.25) is 9.69 Å². The first kappa shape index (κ1) is 17.0. The first-order valence-corrected chi connectivity index (χ1v) is 10.4. The van der Waals surface area contributed by atoms with Crippen molar-refractivity contribution in [2.24, 2.45) is 0 Å². The van der Waals surface area contributed by atoms with Crippen LogP contribution in [0.25, 0.3) is 0 Å². The Kier molecular flexibility index (Phi) is 5.88. The van der Waals surface area contributed by atoms with Crippen molar-refractivity contribution < 1.29 is 13.2 Å². The average molecular weight is 392 g/mol. The van der Waals surface area contributed by atoms with Crippen molar-refractivity contribution in [1.82, 2.24) is 4.90 Å². The zero-order valence-electron chi connectivity index (χ0n) is 11.8. The zero-order chi connectivity index (χ0) is 15.5. The predicted molar refractivity (Wildman–Crippen MR) is 90.6 cm³/mol. The highest BCUT2D eigenvalue weighted by Crippen LogP contribution is 2.22. The van der Waals surface area contributed by atoms with Crippen molar-refractivity contribution >= 4 is 43.3 Å². The highest BCUT2D eigenvalue weighted by molar-refractivity contribution is 9.10. The van der Waals surface area contributed by atoms with Crippen molar-refractivity contribution in [3.8, 4) is 0 Å². The first-order chi connectivity index (χ1) is 9.94. The molecule has 21 heavy (non-hydrogen) atoms. The van der Waals surface area contributed by atoms with E-state index in [-0.39, 0.29) is 18.1 Å². The maximum atomic E-state index is 12.3. The molecule has 0 N–H and O–H groups in total. The maximum Gasteiger partial charge on any atom is 0.176 e. The van der Waals surface area contributed by atoms with Crippen LogP contribution in [0.3, 0.4) is 0 Å². The molecule has 0 spiro atoms. The van der Waals surface area contributed by atoms with Gasteiger partial charge in [0.05, 0.1) is 6.54 Å². The molecule has 1 unspecified atom stereocenters. The minimum Gasteiger partial charge on any atom is -0.293 e. The summed E-state index contributed by atoms with van der Waals surface area (Å²) >= 11 is 4.97. The van der Waals surface area contributed by atoms with Crippen molar-refractivity contribution in [2.75, 3.05) is 30.3 Å². The molecule has 1 aromatic rings. The number of nitrogens with zero attached hydrogens (tertiary/aromatic N) is 1. The van der Waals surface area contributed by atoms with Crippen LogP contribution < -0.4 is 0 Å². The number of ketones is 1. The third kappa shape index (κ3) is 4.31. The van der Waals surface area contributed by atoms with Crippen molar-refractivity contribution in [2.45, 2.75) is 12.3 Å². The van der Waals surface area contributed by atoms with E-state index >= 15 is 0 Å². The third-order valence-corrected chi connectivity index (χ3v) is 7.38. The molecule has 1 atom stereocenters. The summed E-state index contributed by atoms with van der Waals surface area (Å²) in [6, 6.07) is 7.15. The van der Waals surface area contributed by atoms with E-state index in [1.165, 1.54) is 0 Å². The second-order valence-electron chi connectivity index (χ2n) is 4.88. The Hall–Kier alpha value is -0.370. The average Bonchev–Trinajstić information content (AvgIpc) is 2.48. The van der Waals surface area contributed by atoms with Crippen molar-refractivity contribution in [3.05, 3.63) is 34.3 Å². The Labute approximate surface area is 138 Å². The smallest absolute Gasteiger partial charge is 0.176 e. The molecule has 1 fully saturated rings. The van der Waals surface area contributed by atoms with Gasteiger partial charge in [-0.1, -0.05) is 35.0 Å². The molecule has 116 valence electrons. The molecular formula is C14H18BrNO3S2. The number of thioether (sulfide) groups is 1. The number of Topliss-reactive ketones (excluding diaryl/α,β-unsaturated/α-hetero) is 1. The number of rotatable bonds is 5. The SMILES string of the molecule is CCS(=O)(=O)C1CSCCN1CC(=O)c1ccc(Br)cc1. The molecular weight excluding hydrogens is 374 g/mol. The molecule has 2 rings (SSSR count). The second kappa shape index (κ2) is 7.26. The summed E-state index contributed by atoms with van der Waals surface area (Å²) < 4.78 is 25.2. The van der Waals surface area contributed by atoms with Gasteiger partial charge in [-0.2, -0.15) is 11.8 Å². The first-order valence-electron chi connectivity index (χ1n) is 6.76. The lowest BCUT2D eigenvalue weighted by Gasteiger charge is -2.34. The van der Waals surface area contributed by atoms with E-state index in [1.54, 1.807) is 35.7 Å². The lowest BCUT2D eigenvalue weighted by molar-refractivity contribution is 0.0928. The van der Waals surface area contributed by atoms with Crippen molar-refractivity contribution in [1.29, 1.82) is 0 Å². The lowest BCUT2D eigenvalue weighted by atomic mass is 10.1. The van der Waals surface area contributed by atoms with E-state index in [4.69, 9.17) is 0 Å². The maximum absolute atomic E-state index is 12.3. The Morgan fingerprint density at radius 3 is 2.67 bits per heavy atom. The van der Waals surface area contributed by atoms with Crippen LogP contribution >= 0.6 is 27.7 Å². The van der Waals surface area contributed by atoms with Crippen LogP contribution in [0.15, 0.2) is 28.7 Å². The van der Waals surface area contributed by atoms with Gasteiger partial charge in [0.1, 0.15) is 5.37 Å². The number of sulfone groups is 1. The molecule has 0 amide bonds. The van der Waals surface area contributed by atoms with Crippen LogP contribution in [0.4, 0.5) is 0 Å². The predicted octanol–water partition coefficient (Wildman–Crippen LogP) is 2.44. The highest BCUT2D eigenvalue weighted by atomic mass is 79.9. The molecule has 0 aromatic heterocycles.